The molecule has 1 heterocycles. The van der Waals surface area contributed by atoms with Gasteiger partial charge in [-0.1, -0.05) is 42.0 Å². The van der Waals surface area contributed by atoms with Gasteiger partial charge in [-0.2, -0.15) is 0 Å². The Morgan fingerprint density at radius 3 is 2.68 bits per heavy atom. The van der Waals surface area contributed by atoms with Crippen LogP contribution in [0, 0.1) is 6.92 Å². The molecule has 0 spiro atoms. The Morgan fingerprint density at radius 2 is 1.89 bits per heavy atom. The van der Waals surface area contributed by atoms with Crippen molar-refractivity contribution in [3.63, 3.8) is 0 Å². The Balaban J connectivity index is 2.17. The smallest absolute Gasteiger partial charge is 0.109 e. The molecule has 0 atom stereocenters. The molecule has 94 valence electrons. The van der Waals surface area contributed by atoms with Crippen molar-refractivity contribution in [3.05, 3.63) is 59.7 Å². The highest BCUT2D eigenvalue weighted by Crippen LogP contribution is 2.30. The fourth-order valence-corrected chi connectivity index (χ4v) is 2.55. The minimum Gasteiger partial charge on any atom is -0.302 e. The molecule has 0 aromatic heterocycles. The van der Waals surface area contributed by atoms with Crippen LogP contribution in [0.1, 0.15) is 11.1 Å². The zero-order valence-corrected chi connectivity index (χ0v) is 11.5. The standard InChI is InChI=1S/C16H14N2S/c1-12-7-8-15-13(9-12)10-17-11-16(19)18(15)14-5-3-2-4-6-14/h2-10H,11H2,1H3. The topological polar surface area (TPSA) is 15.6 Å². The maximum absolute atomic E-state index is 5.52. The highest BCUT2D eigenvalue weighted by molar-refractivity contribution is 7.80. The zero-order valence-electron chi connectivity index (χ0n) is 10.7. The summed E-state index contributed by atoms with van der Waals surface area (Å²) < 4.78 is 0. The van der Waals surface area contributed by atoms with E-state index < -0.39 is 0 Å². The fourth-order valence-electron chi connectivity index (χ4n) is 2.27. The first-order valence-corrected chi connectivity index (χ1v) is 6.65. The number of hydrogen-bond donors (Lipinski definition) is 0. The van der Waals surface area contributed by atoms with Gasteiger partial charge in [0, 0.05) is 17.5 Å². The Bertz CT molecular complexity index is 647. The van der Waals surface area contributed by atoms with Gasteiger partial charge in [0.05, 0.1) is 12.2 Å². The lowest BCUT2D eigenvalue weighted by molar-refractivity contribution is 1.27. The third-order valence-electron chi connectivity index (χ3n) is 3.14. The fraction of sp³-hybridized carbons (Fsp3) is 0.125. The number of rotatable bonds is 1. The van der Waals surface area contributed by atoms with Gasteiger partial charge in [0.15, 0.2) is 0 Å². The molecule has 0 aliphatic carbocycles. The molecule has 0 bridgehead atoms. The lowest BCUT2D eigenvalue weighted by Crippen LogP contribution is -2.25. The summed E-state index contributed by atoms with van der Waals surface area (Å²) in [6, 6.07) is 16.6. The van der Waals surface area contributed by atoms with Crippen molar-refractivity contribution < 1.29 is 0 Å². The molecular formula is C16H14N2S. The van der Waals surface area contributed by atoms with Crippen LogP contribution < -0.4 is 4.90 Å². The number of nitrogens with zero attached hydrogens (tertiary/aromatic N) is 2. The van der Waals surface area contributed by atoms with Gasteiger partial charge in [-0.15, -0.1) is 0 Å². The highest BCUT2D eigenvalue weighted by atomic mass is 32.1. The van der Waals surface area contributed by atoms with Crippen LogP contribution in [0.3, 0.4) is 0 Å². The average Bonchev–Trinajstić information content (AvgIpc) is 2.58. The van der Waals surface area contributed by atoms with E-state index in [1.165, 1.54) is 5.56 Å². The van der Waals surface area contributed by atoms with Crippen LogP contribution in [0.5, 0.6) is 0 Å². The molecule has 0 amide bonds. The van der Waals surface area contributed by atoms with Gasteiger partial charge in [0.2, 0.25) is 0 Å². The summed E-state index contributed by atoms with van der Waals surface area (Å²) in [5, 5.41) is 0. The summed E-state index contributed by atoms with van der Waals surface area (Å²) in [5.41, 5.74) is 4.53. The minimum atomic E-state index is 0.554. The Hall–Kier alpha value is -2.00. The summed E-state index contributed by atoms with van der Waals surface area (Å²) in [6.07, 6.45) is 1.91. The lowest BCUT2D eigenvalue weighted by Gasteiger charge is -2.25. The van der Waals surface area contributed by atoms with Gasteiger partial charge in [0.1, 0.15) is 4.99 Å². The van der Waals surface area contributed by atoms with Gasteiger partial charge in [-0.25, -0.2) is 0 Å². The van der Waals surface area contributed by atoms with Gasteiger partial charge in [0.25, 0.3) is 0 Å². The summed E-state index contributed by atoms with van der Waals surface area (Å²) in [6.45, 7) is 2.64. The van der Waals surface area contributed by atoms with E-state index in [2.05, 4.69) is 47.1 Å². The highest BCUT2D eigenvalue weighted by Gasteiger charge is 2.18. The maximum Gasteiger partial charge on any atom is 0.109 e. The van der Waals surface area contributed by atoms with Crippen LogP contribution in [-0.2, 0) is 0 Å². The summed E-state index contributed by atoms with van der Waals surface area (Å²) in [7, 11) is 0. The molecule has 0 saturated heterocycles. The van der Waals surface area contributed by atoms with Crippen molar-refractivity contribution in [1.29, 1.82) is 0 Å². The predicted molar refractivity (Wildman–Crippen MR) is 84.8 cm³/mol. The van der Waals surface area contributed by atoms with E-state index in [-0.39, 0.29) is 0 Å². The SMILES string of the molecule is Cc1ccc2c(c1)C=NCC(=S)N2c1ccccc1. The number of hydrogen-bond acceptors (Lipinski definition) is 2. The first-order valence-electron chi connectivity index (χ1n) is 6.24. The number of thiocarbonyl (C=S) groups is 1. The molecule has 2 nitrogen and oxygen atoms in total. The van der Waals surface area contributed by atoms with Crippen LogP contribution in [0.4, 0.5) is 11.4 Å². The van der Waals surface area contributed by atoms with Gasteiger partial charge < -0.3 is 4.90 Å². The molecule has 0 fully saturated rings. The Labute approximate surface area is 118 Å². The first kappa shape index (κ1) is 12.1. The van der Waals surface area contributed by atoms with E-state index in [9.17, 15) is 0 Å². The summed E-state index contributed by atoms with van der Waals surface area (Å²) >= 11 is 5.52. The third kappa shape index (κ3) is 2.29. The molecule has 3 heteroatoms. The van der Waals surface area contributed by atoms with Gasteiger partial charge in [-0.05, 0) is 31.2 Å². The van der Waals surface area contributed by atoms with Crippen molar-refractivity contribution in [2.75, 3.05) is 11.4 Å². The maximum atomic E-state index is 5.52. The van der Waals surface area contributed by atoms with Crippen LogP contribution in [0.25, 0.3) is 0 Å². The van der Waals surface area contributed by atoms with Crippen molar-refractivity contribution >= 4 is 34.8 Å². The molecule has 19 heavy (non-hydrogen) atoms. The summed E-state index contributed by atoms with van der Waals surface area (Å²) in [5.74, 6) is 0. The molecular weight excluding hydrogens is 252 g/mol. The molecule has 2 aromatic carbocycles. The number of anilines is 2. The number of benzene rings is 2. The van der Waals surface area contributed by atoms with E-state index in [1.807, 2.05) is 24.4 Å². The van der Waals surface area contributed by atoms with E-state index in [0.717, 1.165) is 21.9 Å². The van der Waals surface area contributed by atoms with E-state index in [0.29, 0.717) is 6.54 Å². The molecule has 0 unspecified atom stereocenters. The van der Waals surface area contributed by atoms with Gasteiger partial charge >= 0.3 is 0 Å². The minimum absolute atomic E-state index is 0.554. The van der Waals surface area contributed by atoms with Crippen molar-refractivity contribution in [2.24, 2.45) is 4.99 Å². The lowest BCUT2D eigenvalue weighted by atomic mass is 10.1. The second kappa shape index (κ2) is 4.94. The van der Waals surface area contributed by atoms with Crippen LogP contribution in [0.2, 0.25) is 0 Å². The quantitative estimate of drug-likeness (QED) is 0.728. The van der Waals surface area contributed by atoms with Crippen LogP contribution >= 0.6 is 12.2 Å². The third-order valence-corrected chi connectivity index (χ3v) is 3.46. The van der Waals surface area contributed by atoms with Gasteiger partial charge in [-0.3, -0.25) is 4.99 Å². The van der Waals surface area contributed by atoms with E-state index in [1.54, 1.807) is 0 Å². The number of benzodiazepines with no additional fused rings is 1. The summed E-state index contributed by atoms with van der Waals surface area (Å²) in [4.78, 5) is 7.33. The number of aliphatic imine (C=N–C) groups is 1. The molecule has 0 N–H and O–H groups in total. The second-order valence-electron chi connectivity index (χ2n) is 4.60. The van der Waals surface area contributed by atoms with Crippen LogP contribution in [-0.4, -0.2) is 17.7 Å². The molecule has 1 aliphatic rings. The first-order chi connectivity index (χ1) is 9.25. The molecule has 0 saturated carbocycles. The monoisotopic (exact) mass is 266 g/mol. The van der Waals surface area contributed by atoms with E-state index in [4.69, 9.17) is 12.2 Å². The number of aryl methyl sites for hydroxylation is 1. The van der Waals surface area contributed by atoms with Crippen molar-refractivity contribution in [3.8, 4) is 0 Å². The predicted octanol–water partition coefficient (Wildman–Crippen LogP) is 3.89. The van der Waals surface area contributed by atoms with E-state index >= 15 is 0 Å². The zero-order chi connectivity index (χ0) is 13.2. The molecule has 1 aliphatic heterocycles. The van der Waals surface area contributed by atoms with Crippen molar-refractivity contribution in [2.45, 2.75) is 6.92 Å². The largest absolute Gasteiger partial charge is 0.302 e. The normalized spacial score (nSPS) is 14.2. The second-order valence-corrected chi connectivity index (χ2v) is 5.07. The average molecular weight is 266 g/mol. The Morgan fingerprint density at radius 1 is 1.11 bits per heavy atom. The Kier molecular flexibility index (Phi) is 3.13. The van der Waals surface area contributed by atoms with Crippen molar-refractivity contribution in [1.82, 2.24) is 0 Å². The molecule has 3 rings (SSSR count). The molecule has 2 aromatic rings. The molecule has 0 radical (unpaired) electrons. The van der Waals surface area contributed by atoms with Crippen LogP contribution in [0.15, 0.2) is 53.5 Å². The number of para-hydroxylation sites is 1. The number of fused-ring (bicyclic) bond motifs is 1.